The normalized spacial score (nSPS) is 19.1. The van der Waals surface area contributed by atoms with Crippen LogP contribution in [0.1, 0.15) is 54.4 Å². The number of hydrogen-bond donors (Lipinski definition) is 0. The number of ether oxygens (including phenoxy) is 2. The van der Waals surface area contributed by atoms with E-state index in [4.69, 9.17) is 9.47 Å². The summed E-state index contributed by atoms with van der Waals surface area (Å²) < 4.78 is 66.0. The van der Waals surface area contributed by atoms with E-state index in [0.717, 1.165) is 6.07 Å². The maximum atomic E-state index is 14.4. The lowest BCUT2D eigenvalue weighted by Gasteiger charge is -2.30. The van der Waals surface area contributed by atoms with Gasteiger partial charge in [0.25, 0.3) is 0 Å². The second-order valence-corrected chi connectivity index (χ2v) is 7.14. The Morgan fingerprint density at radius 1 is 1.00 bits per heavy atom. The van der Waals surface area contributed by atoms with Crippen LogP contribution in [0.25, 0.3) is 0 Å². The molecule has 0 unspecified atom stereocenters. The zero-order valence-corrected chi connectivity index (χ0v) is 16.0. The van der Waals surface area contributed by atoms with Crippen molar-refractivity contribution in [2.75, 3.05) is 13.2 Å². The summed E-state index contributed by atoms with van der Waals surface area (Å²) in [5.41, 5.74) is 0.163. The Hall–Kier alpha value is -2.57. The average Bonchev–Trinajstić information content (AvgIpc) is 2.73. The van der Waals surface area contributed by atoms with Crippen molar-refractivity contribution in [2.24, 2.45) is 5.92 Å². The Balaban J connectivity index is 1.68. The first-order valence-corrected chi connectivity index (χ1v) is 9.62. The number of carbonyl (C=O) groups is 1. The summed E-state index contributed by atoms with van der Waals surface area (Å²) in [7, 11) is 0. The fraction of sp³-hybridized carbons (Fsp3) is 0.409. The van der Waals surface area contributed by atoms with Crippen molar-refractivity contribution < 1.29 is 31.8 Å². The van der Waals surface area contributed by atoms with Crippen molar-refractivity contribution in [3.63, 3.8) is 0 Å². The topological polar surface area (TPSA) is 35.5 Å². The van der Waals surface area contributed by atoms with Gasteiger partial charge in [-0.3, -0.25) is 4.79 Å². The third-order valence-corrected chi connectivity index (χ3v) is 5.31. The van der Waals surface area contributed by atoms with Crippen LogP contribution >= 0.6 is 0 Å². The van der Waals surface area contributed by atoms with E-state index in [-0.39, 0.29) is 42.1 Å². The van der Waals surface area contributed by atoms with Gasteiger partial charge >= 0.3 is 0 Å². The Kier molecular flexibility index (Phi) is 6.77. The molecule has 0 N–H and O–H groups in total. The first-order valence-electron chi connectivity index (χ1n) is 9.62. The van der Waals surface area contributed by atoms with Crippen LogP contribution in [0, 0.1) is 29.2 Å². The van der Waals surface area contributed by atoms with Gasteiger partial charge in [-0.25, -0.2) is 8.78 Å². The molecule has 7 heteroatoms. The summed E-state index contributed by atoms with van der Waals surface area (Å²) in [6.07, 6.45) is 3.03. The van der Waals surface area contributed by atoms with Gasteiger partial charge < -0.3 is 9.47 Å². The highest BCUT2D eigenvalue weighted by molar-refractivity contribution is 5.76. The minimum atomic E-state index is -1.20. The largest absolute Gasteiger partial charge is 0.490 e. The van der Waals surface area contributed by atoms with Gasteiger partial charge in [0.1, 0.15) is 0 Å². The molecule has 0 saturated heterocycles. The molecule has 0 bridgehead atoms. The fourth-order valence-corrected chi connectivity index (χ4v) is 3.77. The molecule has 3 nitrogen and oxygen atoms in total. The van der Waals surface area contributed by atoms with Crippen molar-refractivity contribution in [3.05, 3.63) is 58.7 Å². The van der Waals surface area contributed by atoms with Gasteiger partial charge in [-0.2, -0.15) is 8.78 Å². The third kappa shape index (κ3) is 4.54. The highest BCUT2D eigenvalue weighted by Gasteiger charge is 2.29. The first kappa shape index (κ1) is 21.1. The quantitative estimate of drug-likeness (QED) is 0.427. The molecule has 0 aliphatic heterocycles. The van der Waals surface area contributed by atoms with Gasteiger partial charge in [0, 0.05) is 5.56 Å². The molecule has 0 heterocycles. The van der Waals surface area contributed by atoms with Crippen LogP contribution in [0.2, 0.25) is 0 Å². The summed E-state index contributed by atoms with van der Waals surface area (Å²) in [5.74, 6) is -4.54. The lowest BCUT2D eigenvalue weighted by molar-refractivity contribution is 0.111. The maximum absolute atomic E-state index is 14.4. The summed E-state index contributed by atoms with van der Waals surface area (Å²) in [5, 5.41) is 0. The standard InChI is InChI=1S/C22H22F4O3/c1-2-28-22-16(10-15(11-27)19(24)21(22)26)14-8-6-13(7-9-14)12-29-18-5-3-4-17(23)20(18)25/h3-5,10-11,13-14H,2,6-9,12H2,1H3/t13-,14-. The number of rotatable bonds is 7. The molecule has 0 radical (unpaired) electrons. The monoisotopic (exact) mass is 410 g/mol. The van der Waals surface area contributed by atoms with E-state index >= 15 is 0 Å². The van der Waals surface area contributed by atoms with Gasteiger partial charge in [0.05, 0.1) is 18.8 Å². The second kappa shape index (κ2) is 9.29. The Labute approximate surface area is 166 Å². The fourth-order valence-electron chi connectivity index (χ4n) is 3.77. The number of aldehydes is 1. The predicted octanol–water partition coefficient (Wildman–Crippen LogP) is 5.81. The molecule has 0 atom stereocenters. The highest BCUT2D eigenvalue weighted by Crippen LogP contribution is 2.42. The molecule has 1 aliphatic carbocycles. The van der Waals surface area contributed by atoms with Crippen molar-refractivity contribution in [3.8, 4) is 11.5 Å². The second-order valence-electron chi connectivity index (χ2n) is 7.14. The zero-order valence-electron chi connectivity index (χ0n) is 16.0. The van der Waals surface area contributed by atoms with E-state index in [1.807, 2.05) is 0 Å². The van der Waals surface area contributed by atoms with E-state index in [1.165, 1.54) is 18.2 Å². The van der Waals surface area contributed by atoms with E-state index in [1.54, 1.807) is 6.92 Å². The van der Waals surface area contributed by atoms with Gasteiger partial charge in [-0.15, -0.1) is 0 Å². The van der Waals surface area contributed by atoms with Crippen LogP contribution in [0.15, 0.2) is 24.3 Å². The van der Waals surface area contributed by atoms with Gasteiger partial charge in [-0.05, 0) is 62.6 Å². The minimum Gasteiger partial charge on any atom is -0.490 e. The molecule has 2 aromatic rings. The molecule has 0 amide bonds. The number of benzene rings is 2. The Bertz CT molecular complexity index is 877. The van der Waals surface area contributed by atoms with Crippen molar-refractivity contribution in [1.29, 1.82) is 0 Å². The first-order chi connectivity index (χ1) is 14.0. The maximum Gasteiger partial charge on any atom is 0.201 e. The SMILES string of the molecule is CCOc1c(F)c(F)c(C=O)cc1[C@H]1CC[C@H](COc2cccc(F)c2F)CC1. The Morgan fingerprint density at radius 3 is 2.38 bits per heavy atom. The van der Waals surface area contributed by atoms with Gasteiger partial charge in [-0.1, -0.05) is 6.07 Å². The molecule has 29 heavy (non-hydrogen) atoms. The molecular weight excluding hydrogens is 388 g/mol. The molecule has 0 spiro atoms. The molecule has 3 rings (SSSR count). The summed E-state index contributed by atoms with van der Waals surface area (Å²) in [4.78, 5) is 11.1. The smallest absolute Gasteiger partial charge is 0.201 e. The summed E-state index contributed by atoms with van der Waals surface area (Å²) in [6.45, 7) is 2.09. The molecule has 156 valence electrons. The molecule has 1 saturated carbocycles. The van der Waals surface area contributed by atoms with Crippen molar-refractivity contribution in [1.82, 2.24) is 0 Å². The Morgan fingerprint density at radius 2 is 1.72 bits per heavy atom. The van der Waals surface area contributed by atoms with E-state index < -0.39 is 23.3 Å². The number of carbonyl (C=O) groups excluding carboxylic acids is 1. The van der Waals surface area contributed by atoms with Crippen LogP contribution in [-0.4, -0.2) is 19.5 Å². The van der Waals surface area contributed by atoms with E-state index in [0.29, 0.717) is 37.5 Å². The van der Waals surface area contributed by atoms with Gasteiger partial charge in [0.15, 0.2) is 29.4 Å². The summed E-state index contributed by atoms with van der Waals surface area (Å²) >= 11 is 0. The van der Waals surface area contributed by atoms with E-state index in [9.17, 15) is 22.4 Å². The van der Waals surface area contributed by atoms with Crippen LogP contribution in [-0.2, 0) is 0 Å². The lowest BCUT2D eigenvalue weighted by Crippen LogP contribution is -2.20. The van der Waals surface area contributed by atoms with Crippen molar-refractivity contribution >= 4 is 6.29 Å². The summed E-state index contributed by atoms with van der Waals surface area (Å²) in [6, 6.07) is 5.15. The van der Waals surface area contributed by atoms with Crippen LogP contribution in [0.5, 0.6) is 11.5 Å². The minimum absolute atomic E-state index is 0.0903. The van der Waals surface area contributed by atoms with Gasteiger partial charge in [0.2, 0.25) is 11.6 Å². The van der Waals surface area contributed by atoms with Crippen LogP contribution in [0.3, 0.4) is 0 Å². The molecule has 0 aromatic heterocycles. The number of hydrogen-bond acceptors (Lipinski definition) is 3. The lowest BCUT2D eigenvalue weighted by atomic mass is 9.78. The molecule has 1 aliphatic rings. The zero-order chi connectivity index (χ0) is 21.0. The number of halogens is 4. The molecular formula is C22H22F4O3. The molecule has 1 fully saturated rings. The van der Waals surface area contributed by atoms with Crippen molar-refractivity contribution in [2.45, 2.75) is 38.5 Å². The van der Waals surface area contributed by atoms with E-state index in [2.05, 4.69) is 0 Å². The van der Waals surface area contributed by atoms with Crippen LogP contribution in [0.4, 0.5) is 17.6 Å². The van der Waals surface area contributed by atoms with Crippen LogP contribution < -0.4 is 9.47 Å². The average molecular weight is 410 g/mol. The predicted molar refractivity (Wildman–Crippen MR) is 99.5 cm³/mol. The highest BCUT2D eigenvalue weighted by atomic mass is 19.2. The molecule has 2 aromatic carbocycles. The third-order valence-electron chi connectivity index (χ3n) is 5.31.